The highest BCUT2D eigenvalue weighted by Gasteiger charge is 2.55. The number of carboxylic acids is 1. The van der Waals surface area contributed by atoms with Gasteiger partial charge in [-0.25, -0.2) is 22.8 Å². The second-order valence-corrected chi connectivity index (χ2v) is 14.5. The van der Waals surface area contributed by atoms with Gasteiger partial charge in [-0.2, -0.15) is 17.5 Å². The fourth-order valence-corrected chi connectivity index (χ4v) is 8.86. The van der Waals surface area contributed by atoms with Gasteiger partial charge in [-0.15, -0.1) is 0 Å². The first-order valence-corrected chi connectivity index (χ1v) is 16.0. The van der Waals surface area contributed by atoms with Gasteiger partial charge in [0.25, 0.3) is 5.91 Å². The van der Waals surface area contributed by atoms with E-state index in [1.54, 1.807) is 6.92 Å². The average molecular weight is 660 g/mol. The minimum atomic E-state index is -5.08. The molecule has 13 nitrogen and oxygen atoms in total. The first-order chi connectivity index (χ1) is 20.9. The van der Waals surface area contributed by atoms with Crippen LogP contribution >= 0.6 is 0 Å². The predicted molar refractivity (Wildman–Crippen MR) is 151 cm³/mol. The van der Waals surface area contributed by atoms with Crippen LogP contribution in [0.1, 0.15) is 39.0 Å². The molecule has 1 unspecified atom stereocenters. The number of carboxylic acid groups (broad SMARTS) is 1. The third-order valence-corrected chi connectivity index (χ3v) is 11.4. The summed E-state index contributed by atoms with van der Waals surface area (Å²) in [5, 5.41) is 30.0. The molecule has 2 aromatic rings. The van der Waals surface area contributed by atoms with Gasteiger partial charge >= 0.3 is 12.1 Å². The van der Waals surface area contributed by atoms with Crippen molar-refractivity contribution < 1.29 is 51.2 Å². The minimum Gasteiger partial charge on any atom is -0.494 e. The topological polar surface area (TPSA) is 197 Å². The second-order valence-electron chi connectivity index (χ2n) is 12.6. The molecule has 45 heavy (non-hydrogen) atoms. The normalized spacial score (nSPS) is 31.2. The molecular weight excluding hydrogens is 623 g/mol. The van der Waals surface area contributed by atoms with Gasteiger partial charge < -0.3 is 31.1 Å². The van der Waals surface area contributed by atoms with Crippen molar-refractivity contribution in [2.75, 3.05) is 26.2 Å². The Morgan fingerprint density at radius 2 is 1.62 bits per heavy atom. The predicted octanol–water partition coefficient (Wildman–Crippen LogP) is 1.97. The molecule has 4 bridgehead atoms. The van der Waals surface area contributed by atoms with E-state index in [1.807, 2.05) is 0 Å². The zero-order chi connectivity index (χ0) is 32.9. The van der Waals surface area contributed by atoms with E-state index in [0.717, 1.165) is 42.1 Å². The summed E-state index contributed by atoms with van der Waals surface area (Å²) < 4.78 is 66.7. The smallest absolute Gasteiger partial charge is 0.490 e. The molecule has 3 heterocycles. The van der Waals surface area contributed by atoms with Gasteiger partial charge in [-0.3, -0.25) is 4.79 Å². The van der Waals surface area contributed by atoms with Crippen molar-refractivity contribution in [2.45, 2.75) is 61.2 Å². The van der Waals surface area contributed by atoms with Crippen LogP contribution in [0.25, 0.3) is 5.82 Å². The largest absolute Gasteiger partial charge is 0.494 e. The van der Waals surface area contributed by atoms with Gasteiger partial charge in [0.15, 0.2) is 17.4 Å². The zero-order valence-electron chi connectivity index (χ0n) is 24.4. The SMILES string of the molecule is CC1(C(=O)NCC2(N)C3CC4CC(C3)CC2C4)CN(S(=O)(=O)c2ccc(-n3c(O)ccc3O)nc2)CCO1.O=C(O)C(F)(F)F. The molecule has 5 fully saturated rings. The fourth-order valence-electron chi connectivity index (χ4n) is 7.40. The van der Waals surface area contributed by atoms with Crippen LogP contribution in [0.5, 0.6) is 11.8 Å². The van der Waals surface area contributed by atoms with Crippen LogP contribution in [0.3, 0.4) is 0 Å². The average Bonchev–Trinajstić information content (AvgIpc) is 3.31. The number of ether oxygens (including phenoxy) is 1. The summed E-state index contributed by atoms with van der Waals surface area (Å²) in [5.74, 6) is -1.03. The molecule has 1 amide bonds. The van der Waals surface area contributed by atoms with E-state index in [1.165, 1.54) is 41.2 Å². The number of halogens is 3. The van der Waals surface area contributed by atoms with Crippen LogP contribution in [0, 0.1) is 23.7 Å². The molecule has 5 aliphatic rings. The maximum Gasteiger partial charge on any atom is 0.490 e. The summed E-state index contributed by atoms with van der Waals surface area (Å²) in [4.78, 5) is 26.3. The molecule has 4 saturated carbocycles. The number of amides is 1. The van der Waals surface area contributed by atoms with E-state index in [0.29, 0.717) is 18.4 Å². The second kappa shape index (κ2) is 11.7. The number of sulfonamides is 1. The minimum absolute atomic E-state index is 0.0634. The van der Waals surface area contributed by atoms with E-state index in [9.17, 15) is 36.6 Å². The Morgan fingerprint density at radius 3 is 2.11 bits per heavy atom. The highest BCUT2D eigenvalue weighted by atomic mass is 32.2. The van der Waals surface area contributed by atoms with Gasteiger partial charge in [-0.1, -0.05) is 0 Å². The summed E-state index contributed by atoms with van der Waals surface area (Å²) in [6.07, 6.45) is 1.94. The number of nitrogens with zero attached hydrogens (tertiary/aromatic N) is 3. The van der Waals surface area contributed by atoms with Crippen LogP contribution in [-0.2, 0) is 24.3 Å². The van der Waals surface area contributed by atoms with Crippen molar-refractivity contribution in [3.63, 3.8) is 0 Å². The molecule has 0 radical (unpaired) electrons. The van der Waals surface area contributed by atoms with Crippen LogP contribution in [-0.4, -0.2) is 93.0 Å². The first-order valence-electron chi connectivity index (χ1n) is 14.5. The molecule has 0 spiro atoms. The Kier molecular flexibility index (Phi) is 8.61. The number of nitrogens with one attached hydrogen (secondary N) is 1. The number of aromatic hydroxyl groups is 2. The molecule has 1 saturated heterocycles. The van der Waals surface area contributed by atoms with Crippen LogP contribution in [0.2, 0.25) is 0 Å². The summed E-state index contributed by atoms with van der Waals surface area (Å²) in [7, 11) is -3.98. The number of aromatic nitrogens is 2. The lowest BCUT2D eigenvalue weighted by atomic mass is 9.49. The molecular formula is C28H36F3N5O8S. The van der Waals surface area contributed by atoms with Gasteiger partial charge in [0.1, 0.15) is 10.7 Å². The Hall–Kier alpha value is -3.41. The molecule has 248 valence electrons. The summed E-state index contributed by atoms with van der Waals surface area (Å²) in [6.45, 7) is 2.01. The lowest BCUT2D eigenvalue weighted by Crippen LogP contribution is -2.68. The van der Waals surface area contributed by atoms with Crippen molar-refractivity contribution in [2.24, 2.45) is 29.4 Å². The van der Waals surface area contributed by atoms with Crippen molar-refractivity contribution in [1.29, 1.82) is 0 Å². The summed E-state index contributed by atoms with van der Waals surface area (Å²) in [5.41, 5.74) is 5.17. The monoisotopic (exact) mass is 659 g/mol. The van der Waals surface area contributed by atoms with Gasteiger partial charge in [0, 0.05) is 37.0 Å². The Labute approximate surface area is 257 Å². The van der Waals surface area contributed by atoms with Gasteiger partial charge in [0.05, 0.1) is 13.2 Å². The lowest BCUT2D eigenvalue weighted by molar-refractivity contribution is -0.192. The molecule has 1 atom stereocenters. The quantitative estimate of drug-likeness (QED) is 0.306. The number of aliphatic carboxylic acids is 1. The van der Waals surface area contributed by atoms with Crippen LogP contribution in [0.4, 0.5) is 13.2 Å². The maximum absolute atomic E-state index is 13.4. The lowest BCUT2D eigenvalue weighted by Gasteiger charge is -2.60. The Balaban J connectivity index is 0.000000515. The van der Waals surface area contributed by atoms with Crippen molar-refractivity contribution in [3.8, 4) is 17.6 Å². The molecule has 17 heteroatoms. The number of carbonyl (C=O) groups excluding carboxylic acids is 1. The summed E-state index contributed by atoms with van der Waals surface area (Å²) in [6, 6.07) is 5.35. The van der Waals surface area contributed by atoms with Crippen LogP contribution in [0.15, 0.2) is 35.4 Å². The molecule has 2 aromatic heterocycles. The van der Waals surface area contributed by atoms with E-state index in [-0.39, 0.29) is 48.1 Å². The number of morpholine rings is 1. The highest BCUT2D eigenvalue weighted by Crippen LogP contribution is 2.57. The van der Waals surface area contributed by atoms with Gasteiger partial charge in [0.2, 0.25) is 10.0 Å². The zero-order valence-corrected chi connectivity index (χ0v) is 25.2. The van der Waals surface area contributed by atoms with E-state index >= 15 is 0 Å². The number of hydrogen-bond acceptors (Lipinski definition) is 9. The number of pyridine rings is 1. The van der Waals surface area contributed by atoms with Crippen molar-refractivity contribution >= 4 is 21.9 Å². The Morgan fingerprint density at radius 1 is 1.07 bits per heavy atom. The number of alkyl halides is 3. The molecule has 7 rings (SSSR count). The number of hydrogen-bond donors (Lipinski definition) is 5. The Bertz CT molecular complexity index is 1500. The highest BCUT2D eigenvalue weighted by molar-refractivity contribution is 7.89. The van der Waals surface area contributed by atoms with Crippen LogP contribution < -0.4 is 11.1 Å². The number of rotatable bonds is 6. The van der Waals surface area contributed by atoms with E-state index in [4.69, 9.17) is 20.4 Å². The molecule has 4 aliphatic carbocycles. The third-order valence-electron chi connectivity index (χ3n) is 9.60. The van der Waals surface area contributed by atoms with E-state index < -0.39 is 33.3 Å². The molecule has 1 aliphatic heterocycles. The number of nitrogens with two attached hydrogens (primary N) is 1. The van der Waals surface area contributed by atoms with Gasteiger partial charge in [-0.05, 0) is 74.8 Å². The first kappa shape index (κ1) is 33.0. The van der Waals surface area contributed by atoms with Crippen molar-refractivity contribution in [1.82, 2.24) is 19.2 Å². The van der Waals surface area contributed by atoms with E-state index in [2.05, 4.69) is 10.3 Å². The summed E-state index contributed by atoms with van der Waals surface area (Å²) >= 11 is 0. The standard InChI is InChI=1S/C26H35N5O6S.C2HF3O2/c1-25(24(34)29-14-26(27)18-9-16-8-17(11-18)12-19(26)10-16)15-30(6-7-37-25)38(35,36)20-2-3-21(28-13-20)31-22(32)4-5-23(31)33;3-2(4,5)1(6)7/h2-5,13,16-19,32-33H,6-12,14-15,27H2,1H3,(H,29,34);(H,6,7). The number of carbonyl (C=O) groups is 2. The van der Waals surface area contributed by atoms with Crippen molar-refractivity contribution in [3.05, 3.63) is 30.5 Å². The molecule has 0 aromatic carbocycles. The fraction of sp³-hybridized carbons (Fsp3) is 0.607. The molecule has 6 N–H and O–H groups in total. The third kappa shape index (κ3) is 6.35. The maximum atomic E-state index is 13.4.